The van der Waals surface area contributed by atoms with E-state index in [1.807, 2.05) is 22.6 Å². The first-order valence-corrected chi connectivity index (χ1v) is 13.3. The summed E-state index contributed by atoms with van der Waals surface area (Å²) in [5.74, 6) is 0.365. The highest BCUT2D eigenvalue weighted by Crippen LogP contribution is 2.38. The normalized spacial score (nSPS) is 9.79. The minimum absolute atomic E-state index is 0.00328. The Morgan fingerprint density at radius 1 is 1.03 bits per heavy atom. The quantitative estimate of drug-likeness (QED) is 0.186. The Kier molecular flexibility index (Phi) is 16.8. The fourth-order valence-electron chi connectivity index (χ4n) is 2.57. The summed E-state index contributed by atoms with van der Waals surface area (Å²) < 4.78 is 5.56. The predicted molar refractivity (Wildman–Crippen MR) is 133 cm³/mol. The number of halogens is 1. The van der Waals surface area contributed by atoms with Gasteiger partial charge in [-0.3, -0.25) is 0 Å². The number of benzene rings is 1. The molecule has 0 aliphatic rings. The maximum absolute atomic E-state index is 9.59. The van der Waals surface area contributed by atoms with Gasteiger partial charge in [0.15, 0.2) is 11.5 Å². The number of allylic oxidation sites excluding steroid dienone is 1. The van der Waals surface area contributed by atoms with Gasteiger partial charge < -0.3 is 9.84 Å². The van der Waals surface area contributed by atoms with Gasteiger partial charge in [-0.25, -0.2) is 0 Å². The van der Waals surface area contributed by atoms with E-state index in [0.29, 0.717) is 22.8 Å². The Labute approximate surface area is 191 Å². The minimum Gasteiger partial charge on any atom is -0.504 e. The number of unbranched alkanes of at least 4 members (excludes halogenated alkanes) is 3. The third kappa shape index (κ3) is 12.1. The van der Waals surface area contributed by atoms with Crippen LogP contribution >= 0.6 is 30.5 Å². The molecule has 1 aromatic carbocycles. The molecule has 0 amide bonds. The molecule has 0 fully saturated rings. The molecule has 0 radical (unpaired) electrons. The Hall–Kier alpha value is -1.30. The summed E-state index contributed by atoms with van der Waals surface area (Å²) in [6, 6.07) is 6.75. The second kappa shape index (κ2) is 17.5. The van der Waals surface area contributed by atoms with Crippen LogP contribution in [-0.4, -0.2) is 30.7 Å². The SMILES string of the molecule is CCCCP(CCCC)CCCC.COc1cc(C=C(C#N)C#N)cc(I)c1O. The van der Waals surface area contributed by atoms with E-state index in [2.05, 4.69) is 20.8 Å². The summed E-state index contributed by atoms with van der Waals surface area (Å²) in [7, 11) is 1.86. The van der Waals surface area contributed by atoms with Gasteiger partial charge in [-0.2, -0.15) is 10.5 Å². The number of ether oxygens (including phenoxy) is 1. The van der Waals surface area contributed by atoms with E-state index >= 15 is 0 Å². The number of phenols is 1. The van der Waals surface area contributed by atoms with Crippen molar-refractivity contribution in [1.29, 1.82) is 10.5 Å². The first kappa shape index (κ1) is 27.7. The summed E-state index contributed by atoms with van der Waals surface area (Å²) in [5.41, 5.74) is 0.640. The van der Waals surface area contributed by atoms with Crippen molar-refractivity contribution in [2.24, 2.45) is 0 Å². The molecule has 0 saturated heterocycles. The molecule has 0 heterocycles. The fraction of sp³-hybridized carbons (Fsp3) is 0.565. The van der Waals surface area contributed by atoms with Gasteiger partial charge in [-0.05, 0) is 84.1 Å². The van der Waals surface area contributed by atoms with Crippen molar-refractivity contribution < 1.29 is 9.84 Å². The lowest BCUT2D eigenvalue weighted by Gasteiger charge is -2.16. The van der Waals surface area contributed by atoms with Crippen molar-refractivity contribution in [2.45, 2.75) is 59.3 Å². The second-order valence-electron chi connectivity index (χ2n) is 6.74. The van der Waals surface area contributed by atoms with Crippen LogP contribution < -0.4 is 4.74 Å². The van der Waals surface area contributed by atoms with E-state index in [4.69, 9.17) is 15.3 Å². The summed E-state index contributed by atoms with van der Waals surface area (Å²) in [6.07, 6.45) is 14.6. The Morgan fingerprint density at radius 2 is 1.52 bits per heavy atom. The molecule has 1 N–H and O–H groups in total. The average molecular weight is 528 g/mol. The summed E-state index contributed by atoms with van der Waals surface area (Å²) in [6.45, 7) is 6.94. The number of nitrogens with zero attached hydrogens (tertiary/aromatic N) is 2. The maximum atomic E-state index is 9.59. The molecule has 1 rings (SSSR count). The van der Waals surface area contributed by atoms with Crippen molar-refractivity contribution in [2.75, 3.05) is 25.6 Å². The van der Waals surface area contributed by atoms with Crippen LogP contribution in [0.1, 0.15) is 64.9 Å². The van der Waals surface area contributed by atoms with Gasteiger partial charge in [0, 0.05) is 0 Å². The zero-order chi connectivity index (χ0) is 22.1. The summed E-state index contributed by atoms with van der Waals surface area (Å²) in [4.78, 5) is 0. The molecule has 6 heteroatoms. The molecule has 0 bridgehead atoms. The standard InChI is InChI=1S/C12H27P.C11H7IN2O2/c1-4-7-10-13(11-8-5-2)12-9-6-3;1-16-10-4-7(2-8(5-13)6-14)3-9(12)11(10)15/h4-12H2,1-3H3;2-4,15H,1H3. The molecular weight excluding hydrogens is 494 g/mol. The van der Waals surface area contributed by atoms with Gasteiger partial charge in [-0.15, -0.1) is 7.92 Å². The number of methoxy groups -OCH3 is 1. The third-order valence-electron chi connectivity index (χ3n) is 4.31. The lowest BCUT2D eigenvalue weighted by molar-refractivity contribution is 0.371. The van der Waals surface area contributed by atoms with Crippen LogP contribution in [0.3, 0.4) is 0 Å². The van der Waals surface area contributed by atoms with Crippen LogP contribution in [0.4, 0.5) is 0 Å². The fourth-order valence-corrected chi connectivity index (χ4v) is 6.16. The summed E-state index contributed by atoms with van der Waals surface area (Å²) >= 11 is 1.94. The Morgan fingerprint density at radius 3 is 1.90 bits per heavy atom. The van der Waals surface area contributed by atoms with E-state index in [1.54, 1.807) is 42.8 Å². The summed E-state index contributed by atoms with van der Waals surface area (Å²) in [5, 5.41) is 26.8. The van der Waals surface area contributed by atoms with Crippen LogP contribution in [0.5, 0.6) is 11.5 Å². The van der Waals surface area contributed by atoms with E-state index in [9.17, 15) is 5.11 Å². The second-order valence-corrected chi connectivity index (χ2v) is 10.6. The molecule has 0 saturated carbocycles. The van der Waals surface area contributed by atoms with Crippen molar-refractivity contribution in [3.8, 4) is 23.6 Å². The van der Waals surface area contributed by atoms with Gasteiger partial charge in [-0.1, -0.05) is 40.0 Å². The molecular formula is C23H34IN2O2P. The Bertz CT molecular complexity index is 673. The van der Waals surface area contributed by atoms with E-state index < -0.39 is 0 Å². The minimum atomic E-state index is 0.00328. The zero-order valence-electron chi connectivity index (χ0n) is 18.2. The first-order chi connectivity index (χ1) is 14.0. The van der Waals surface area contributed by atoms with Crippen LogP contribution in [0.15, 0.2) is 17.7 Å². The van der Waals surface area contributed by atoms with Gasteiger partial charge in [0.1, 0.15) is 17.7 Å². The number of rotatable bonds is 11. The topological polar surface area (TPSA) is 77.0 Å². The first-order valence-electron chi connectivity index (χ1n) is 10.3. The molecule has 0 atom stereocenters. The van der Waals surface area contributed by atoms with Crippen LogP contribution in [0.2, 0.25) is 0 Å². The number of nitriles is 2. The van der Waals surface area contributed by atoms with Crippen LogP contribution in [0, 0.1) is 26.2 Å². The molecule has 29 heavy (non-hydrogen) atoms. The van der Waals surface area contributed by atoms with Gasteiger partial charge in [0.2, 0.25) is 0 Å². The molecule has 160 valence electrons. The maximum Gasteiger partial charge on any atom is 0.171 e. The van der Waals surface area contributed by atoms with Crippen molar-refractivity contribution in [1.82, 2.24) is 0 Å². The van der Waals surface area contributed by atoms with Gasteiger partial charge >= 0.3 is 0 Å². The largest absolute Gasteiger partial charge is 0.504 e. The Balaban J connectivity index is 0.000000555. The molecule has 0 unspecified atom stereocenters. The monoisotopic (exact) mass is 528 g/mol. The van der Waals surface area contributed by atoms with Crippen LogP contribution in [0.25, 0.3) is 6.08 Å². The lowest BCUT2D eigenvalue weighted by atomic mass is 10.1. The van der Waals surface area contributed by atoms with Crippen molar-refractivity contribution in [3.05, 3.63) is 26.8 Å². The predicted octanol–water partition coefficient (Wildman–Crippen LogP) is 7.30. The average Bonchev–Trinajstić information content (AvgIpc) is 2.74. The van der Waals surface area contributed by atoms with E-state index in [1.165, 1.54) is 51.7 Å². The van der Waals surface area contributed by atoms with Crippen molar-refractivity contribution >= 4 is 36.6 Å². The highest BCUT2D eigenvalue weighted by molar-refractivity contribution is 14.1. The molecule has 0 aliphatic heterocycles. The molecule has 0 aliphatic carbocycles. The van der Waals surface area contributed by atoms with E-state index in [0.717, 1.165) is 0 Å². The zero-order valence-corrected chi connectivity index (χ0v) is 21.2. The van der Waals surface area contributed by atoms with E-state index in [-0.39, 0.29) is 11.3 Å². The van der Waals surface area contributed by atoms with Crippen LogP contribution in [-0.2, 0) is 0 Å². The highest BCUT2D eigenvalue weighted by Gasteiger charge is 2.08. The number of hydrogen-bond acceptors (Lipinski definition) is 4. The molecule has 1 aromatic rings. The molecule has 0 spiro atoms. The van der Waals surface area contributed by atoms with Gasteiger partial charge in [0.25, 0.3) is 0 Å². The third-order valence-corrected chi connectivity index (χ3v) is 7.97. The number of phenolic OH excluding ortho intramolecular Hbond substituents is 1. The molecule has 4 nitrogen and oxygen atoms in total. The van der Waals surface area contributed by atoms with Gasteiger partial charge in [0.05, 0.1) is 10.7 Å². The number of aromatic hydroxyl groups is 1. The molecule has 0 aromatic heterocycles. The highest BCUT2D eigenvalue weighted by atomic mass is 127. The smallest absolute Gasteiger partial charge is 0.171 e. The van der Waals surface area contributed by atoms with Crippen molar-refractivity contribution in [3.63, 3.8) is 0 Å². The number of hydrogen-bond donors (Lipinski definition) is 1. The lowest BCUT2D eigenvalue weighted by Crippen LogP contribution is -1.95.